The summed E-state index contributed by atoms with van der Waals surface area (Å²) in [6.45, 7) is 4.09. The maximum absolute atomic E-state index is 10.1. The summed E-state index contributed by atoms with van der Waals surface area (Å²) in [6.07, 6.45) is 1.71. The van der Waals surface area contributed by atoms with Crippen LogP contribution in [0.25, 0.3) is 0 Å². The lowest BCUT2D eigenvalue weighted by Gasteiger charge is -1.95. The summed E-state index contributed by atoms with van der Waals surface area (Å²) in [7, 11) is 0. The summed E-state index contributed by atoms with van der Waals surface area (Å²) in [5.74, 6) is -0.0127. The van der Waals surface area contributed by atoms with Gasteiger partial charge in [0.15, 0.2) is 0 Å². The molecule has 4 nitrogen and oxygen atoms in total. The number of primary amides is 1. The molecule has 0 aliphatic heterocycles. The Labute approximate surface area is 60.5 Å². The number of carbonyl (C=O) groups excluding carboxylic acids is 1. The largest absolute Gasteiger partial charge is 0.368 e. The zero-order valence-electron chi connectivity index (χ0n) is 6.29. The number of nitrogens with two attached hydrogens (primary N) is 1. The van der Waals surface area contributed by atoms with Crippen LogP contribution in [0, 0.1) is 5.92 Å². The Balaban J connectivity index is 3.27. The monoisotopic (exact) mass is 143 g/mol. The molecule has 0 aromatic carbocycles. The first-order valence-corrected chi connectivity index (χ1v) is 3.17. The van der Waals surface area contributed by atoms with Gasteiger partial charge in [-0.05, 0) is 5.92 Å². The number of hydrogen-bond donors (Lipinski definition) is 2. The number of nitrogens with one attached hydrogen (secondary N) is 1. The highest BCUT2D eigenvalue weighted by Gasteiger charge is 1.88. The van der Waals surface area contributed by atoms with Gasteiger partial charge in [0, 0.05) is 6.21 Å². The van der Waals surface area contributed by atoms with E-state index in [-0.39, 0.29) is 6.54 Å². The molecule has 0 saturated heterocycles. The highest BCUT2D eigenvalue weighted by atomic mass is 16.1. The van der Waals surface area contributed by atoms with Crippen LogP contribution < -0.4 is 11.2 Å². The van der Waals surface area contributed by atoms with E-state index >= 15 is 0 Å². The number of hydrogen-bond acceptors (Lipinski definition) is 3. The molecule has 4 heteroatoms. The van der Waals surface area contributed by atoms with Crippen LogP contribution in [-0.4, -0.2) is 18.7 Å². The first kappa shape index (κ1) is 8.94. The summed E-state index contributed by atoms with van der Waals surface area (Å²) in [6, 6.07) is 0. The van der Waals surface area contributed by atoms with E-state index in [0.29, 0.717) is 5.92 Å². The summed E-state index contributed by atoms with van der Waals surface area (Å²) in [5, 5.41) is 3.74. The molecule has 0 heterocycles. The van der Waals surface area contributed by atoms with E-state index < -0.39 is 5.91 Å². The van der Waals surface area contributed by atoms with Gasteiger partial charge in [0.1, 0.15) is 6.54 Å². The van der Waals surface area contributed by atoms with Crippen molar-refractivity contribution in [3.8, 4) is 0 Å². The quantitative estimate of drug-likeness (QED) is 0.419. The minimum Gasteiger partial charge on any atom is -0.368 e. The first-order valence-electron chi connectivity index (χ1n) is 3.17. The van der Waals surface area contributed by atoms with E-state index in [2.05, 4.69) is 10.5 Å². The molecule has 0 bridgehead atoms. The van der Waals surface area contributed by atoms with Crippen LogP contribution in [0.5, 0.6) is 0 Å². The van der Waals surface area contributed by atoms with E-state index in [0.717, 1.165) is 0 Å². The summed E-state index contributed by atoms with van der Waals surface area (Å²) >= 11 is 0. The van der Waals surface area contributed by atoms with E-state index in [4.69, 9.17) is 5.73 Å². The molecule has 0 aromatic rings. The molecule has 0 aliphatic rings. The molecule has 0 aromatic heterocycles. The molecule has 0 rings (SSSR count). The van der Waals surface area contributed by atoms with Gasteiger partial charge in [-0.3, -0.25) is 4.79 Å². The fourth-order valence-corrected chi connectivity index (χ4v) is 0.325. The Morgan fingerprint density at radius 1 is 1.80 bits per heavy atom. The Kier molecular flexibility index (Phi) is 4.28. The number of rotatable bonds is 4. The molecule has 0 unspecified atom stereocenters. The number of carbonyl (C=O) groups is 1. The second-order valence-electron chi connectivity index (χ2n) is 2.32. The molecule has 0 atom stereocenters. The Morgan fingerprint density at radius 2 is 2.40 bits per heavy atom. The lowest BCUT2D eigenvalue weighted by molar-refractivity contribution is -0.117. The van der Waals surface area contributed by atoms with Gasteiger partial charge >= 0.3 is 0 Å². The van der Waals surface area contributed by atoms with Crippen molar-refractivity contribution in [1.29, 1.82) is 0 Å². The zero-order valence-corrected chi connectivity index (χ0v) is 6.29. The highest BCUT2D eigenvalue weighted by molar-refractivity contribution is 5.76. The van der Waals surface area contributed by atoms with Crippen molar-refractivity contribution in [3.63, 3.8) is 0 Å². The van der Waals surface area contributed by atoms with Crippen LogP contribution >= 0.6 is 0 Å². The lowest BCUT2D eigenvalue weighted by atomic mass is 10.3. The molecule has 0 fully saturated rings. The fourth-order valence-electron chi connectivity index (χ4n) is 0.325. The standard InChI is InChI=1S/C6H13N3O/c1-5(2)3-8-9-4-6(7)10/h3,5,9H,4H2,1-2H3,(H2,7,10)/b8-3+. The van der Waals surface area contributed by atoms with Crippen LogP contribution in [0.2, 0.25) is 0 Å². The van der Waals surface area contributed by atoms with Crippen molar-refractivity contribution < 1.29 is 4.79 Å². The van der Waals surface area contributed by atoms with Gasteiger partial charge < -0.3 is 11.2 Å². The van der Waals surface area contributed by atoms with E-state index in [1.807, 2.05) is 13.8 Å². The van der Waals surface area contributed by atoms with Crippen molar-refractivity contribution in [3.05, 3.63) is 0 Å². The fraction of sp³-hybridized carbons (Fsp3) is 0.667. The molecule has 0 radical (unpaired) electrons. The minimum atomic E-state index is -0.402. The SMILES string of the molecule is CC(C)/C=N/NCC(N)=O. The van der Waals surface area contributed by atoms with Gasteiger partial charge in [-0.2, -0.15) is 5.10 Å². The average molecular weight is 143 g/mol. The van der Waals surface area contributed by atoms with E-state index in [1.165, 1.54) is 0 Å². The van der Waals surface area contributed by atoms with Gasteiger partial charge in [0.2, 0.25) is 5.91 Å². The summed E-state index contributed by atoms with van der Waals surface area (Å²) in [4.78, 5) is 10.1. The van der Waals surface area contributed by atoms with Crippen molar-refractivity contribution >= 4 is 12.1 Å². The Bertz CT molecular complexity index is 131. The Hall–Kier alpha value is -1.06. The predicted octanol–water partition coefficient (Wildman–Crippen LogP) is -0.297. The molecule has 1 amide bonds. The highest BCUT2D eigenvalue weighted by Crippen LogP contribution is 1.82. The maximum atomic E-state index is 10.1. The topological polar surface area (TPSA) is 67.5 Å². The minimum absolute atomic E-state index is 0.100. The molecule has 0 spiro atoms. The normalized spacial score (nSPS) is 10.7. The van der Waals surface area contributed by atoms with E-state index in [9.17, 15) is 4.79 Å². The van der Waals surface area contributed by atoms with Crippen LogP contribution in [0.15, 0.2) is 5.10 Å². The maximum Gasteiger partial charge on any atom is 0.238 e. The molecule has 10 heavy (non-hydrogen) atoms. The molecule has 0 aliphatic carbocycles. The van der Waals surface area contributed by atoms with Gasteiger partial charge in [-0.25, -0.2) is 0 Å². The van der Waals surface area contributed by atoms with Gasteiger partial charge in [-0.15, -0.1) is 0 Å². The van der Waals surface area contributed by atoms with E-state index in [1.54, 1.807) is 6.21 Å². The molecule has 3 N–H and O–H groups in total. The van der Waals surface area contributed by atoms with Crippen molar-refractivity contribution in [2.24, 2.45) is 16.8 Å². The Morgan fingerprint density at radius 3 is 2.80 bits per heavy atom. The second-order valence-corrected chi connectivity index (χ2v) is 2.32. The third-order valence-electron chi connectivity index (χ3n) is 0.717. The van der Waals surface area contributed by atoms with Crippen LogP contribution in [0.3, 0.4) is 0 Å². The number of amides is 1. The molecular formula is C6H13N3O. The number of nitrogens with zero attached hydrogens (tertiary/aromatic N) is 1. The predicted molar refractivity (Wildman–Crippen MR) is 40.5 cm³/mol. The number of hydrazone groups is 1. The third kappa shape index (κ3) is 6.94. The van der Waals surface area contributed by atoms with Crippen LogP contribution in [0.1, 0.15) is 13.8 Å². The lowest BCUT2D eigenvalue weighted by Crippen LogP contribution is -2.25. The van der Waals surface area contributed by atoms with Crippen molar-refractivity contribution in [2.75, 3.05) is 6.54 Å². The van der Waals surface area contributed by atoms with Crippen molar-refractivity contribution in [2.45, 2.75) is 13.8 Å². The van der Waals surface area contributed by atoms with Gasteiger partial charge in [0.05, 0.1) is 0 Å². The molecular weight excluding hydrogens is 130 g/mol. The zero-order chi connectivity index (χ0) is 7.98. The van der Waals surface area contributed by atoms with Gasteiger partial charge in [-0.1, -0.05) is 13.8 Å². The third-order valence-corrected chi connectivity index (χ3v) is 0.717. The van der Waals surface area contributed by atoms with Crippen molar-refractivity contribution in [1.82, 2.24) is 5.43 Å². The first-order chi connectivity index (χ1) is 4.63. The smallest absolute Gasteiger partial charge is 0.238 e. The molecule has 0 saturated carbocycles. The molecule has 58 valence electrons. The average Bonchev–Trinajstić information content (AvgIpc) is 1.79. The summed E-state index contributed by atoms with van der Waals surface area (Å²) in [5.41, 5.74) is 7.35. The van der Waals surface area contributed by atoms with Crippen LogP contribution in [-0.2, 0) is 4.79 Å². The second kappa shape index (κ2) is 4.78. The summed E-state index contributed by atoms with van der Waals surface area (Å²) < 4.78 is 0. The van der Waals surface area contributed by atoms with Crippen LogP contribution in [0.4, 0.5) is 0 Å². The van der Waals surface area contributed by atoms with Gasteiger partial charge in [0.25, 0.3) is 0 Å².